The minimum absolute atomic E-state index is 0.875. The average molecular weight is 188 g/mol. The van der Waals surface area contributed by atoms with Gasteiger partial charge in [-0.25, -0.2) is 9.97 Å². The van der Waals surface area contributed by atoms with Crippen LogP contribution in [0.5, 0.6) is 0 Å². The van der Waals surface area contributed by atoms with Gasteiger partial charge in [0.1, 0.15) is 5.82 Å². The summed E-state index contributed by atoms with van der Waals surface area (Å²) in [7, 11) is 0. The number of nitrogens with one attached hydrogen (secondary N) is 1. The van der Waals surface area contributed by atoms with Crippen LogP contribution in [0.2, 0.25) is 0 Å². The molecule has 0 saturated heterocycles. The molecule has 0 radical (unpaired) electrons. The highest BCUT2D eigenvalue weighted by Crippen LogP contribution is 2.10. The van der Waals surface area contributed by atoms with Crippen LogP contribution in [0.15, 0.2) is 37.1 Å². The molecule has 0 unspecified atom stereocenters. The van der Waals surface area contributed by atoms with Crippen molar-refractivity contribution in [2.75, 3.05) is 11.9 Å². The first kappa shape index (κ1) is 8.74. The van der Waals surface area contributed by atoms with Gasteiger partial charge in [0.25, 0.3) is 0 Å². The molecule has 0 aliphatic heterocycles. The maximum atomic E-state index is 4.19. The third-order valence-corrected chi connectivity index (χ3v) is 1.90. The molecule has 0 fully saturated rings. The molecule has 1 N–H and O–H groups in total. The van der Waals surface area contributed by atoms with Gasteiger partial charge in [-0.3, -0.25) is 0 Å². The lowest BCUT2D eigenvalue weighted by atomic mass is 10.4. The summed E-state index contributed by atoms with van der Waals surface area (Å²) in [6, 6.07) is 3.94. The van der Waals surface area contributed by atoms with Crippen LogP contribution in [-0.4, -0.2) is 21.1 Å². The monoisotopic (exact) mass is 188 g/mol. The highest BCUT2D eigenvalue weighted by atomic mass is 15.0. The van der Waals surface area contributed by atoms with Crippen LogP contribution in [0, 0.1) is 0 Å². The number of rotatable bonds is 3. The summed E-state index contributed by atoms with van der Waals surface area (Å²) in [5, 5.41) is 3.16. The first-order chi connectivity index (χ1) is 6.90. The van der Waals surface area contributed by atoms with E-state index in [1.807, 2.05) is 29.8 Å². The Morgan fingerprint density at radius 1 is 1.43 bits per heavy atom. The zero-order chi connectivity index (χ0) is 9.80. The smallest absolute Gasteiger partial charge is 0.127 e. The molecule has 0 spiro atoms. The van der Waals surface area contributed by atoms with Gasteiger partial charge in [-0.15, -0.1) is 0 Å². The topological polar surface area (TPSA) is 42.7 Å². The molecule has 0 atom stereocenters. The minimum atomic E-state index is 0.875. The lowest BCUT2D eigenvalue weighted by molar-refractivity contribution is 1.04. The standard InChI is InChI=1S/C10H12N4/c1-2-12-10-7-9(3-4-13-10)14-6-5-11-8-14/h3-8H,2H2,1H3,(H,12,13). The third kappa shape index (κ3) is 1.74. The molecule has 2 aromatic rings. The number of hydrogen-bond acceptors (Lipinski definition) is 3. The van der Waals surface area contributed by atoms with Crippen molar-refractivity contribution in [1.82, 2.24) is 14.5 Å². The third-order valence-electron chi connectivity index (χ3n) is 1.90. The molecule has 4 nitrogen and oxygen atoms in total. The fraction of sp³-hybridized carbons (Fsp3) is 0.200. The Morgan fingerprint density at radius 3 is 3.07 bits per heavy atom. The van der Waals surface area contributed by atoms with E-state index in [9.17, 15) is 0 Å². The number of hydrogen-bond donors (Lipinski definition) is 1. The van der Waals surface area contributed by atoms with E-state index in [0.29, 0.717) is 0 Å². The molecule has 0 bridgehead atoms. The lowest BCUT2D eigenvalue weighted by Crippen LogP contribution is -2.00. The molecule has 14 heavy (non-hydrogen) atoms. The minimum Gasteiger partial charge on any atom is -0.370 e. The quantitative estimate of drug-likeness (QED) is 0.797. The fourth-order valence-electron chi connectivity index (χ4n) is 1.27. The van der Waals surface area contributed by atoms with Crippen molar-refractivity contribution >= 4 is 5.82 Å². The van der Waals surface area contributed by atoms with Crippen LogP contribution < -0.4 is 5.32 Å². The zero-order valence-electron chi connectivity index (χ0n) is 8.01. The fourth-order valence-corrected chi connectivity index (χ4v) is 1.27. The van der Waals surface area contributed by atoms with Gasteiger partial charge in [-0.1, -0.05) is 0 Å². The number of aromatic nitrogens is 3. The van der Waals surface area contributed by atoms with Crippen molar-refractivity contribution < 1.29 is 0 Å². The van der Waals surface area contributed by atoms with Gasteiger partial charge in [0.2, 0.25) is 0 Å². The van der Waals surface area contributed by atoms with Crippen molar-refractivity contribution in [3.05, 3.63) is 37.1 Å². The van der Waals surface area contributed by atoms with Crippen molar-refractivity contribution in [2.24, 2.45) is 0 Å². The second-order valence-electron chi connectivity index (χ2n) is 2.90. The van der Waals surface area contributed by atoms with Gasteiger partial charge in [-0.05, 0) is 13.0 Å². The van der Waals surface area contributed by atoms with Crippen molar-refractivity contribution in [3.8, 4) is 5.69 Å². The Hall–Kier alpha value is -1.84. The predicted molar refractivity (Wildman–Crippen MR) is 55.5 cm³/mol. The Morgan fingerprint density at radius 2 is 2.36 bits per heavy atom. The van der Waals surface area contributed by atoms with E-state index in [4.69, 9.17) is 0 Å². The van der Waals surface area contributed by atoms with Crippen molar-refractivity contribution in [1.29, 1.82) is 0 Å². The van der Waals surface area contributed by atoms with Gasteiger partial charge in [-0.2, -0.15) is 0 Å². The largest absolute Gasteiger partial charge is 0.370 e. The molecule has 0 aliphatic rings. The maximum absolute atomic E-state index is 4.19. The van der Waals surface area contributed by atoms with Crippen LogP contribution in [0.4, 0.5) is 5.82 Å². The second kappa shape index (κ2) is 3.91. The molecule has 0 saturated carbocycles. The van der Waals surface area contributed by atoms with E-state index >= 15 is 0 Å². The van der Waals surface area contributed by atoms with Gasteiger partial charge in [0.05, 0.1) is 12.0 Å². The first-order valence-corrected chi connectivity index (χ1v) is 4.58. The molecule has 0 aliphatic carbocycles. The first-order valence-electron chi connectivity index (χ1n) is 4.58. The van der Waals surface area contributed by atoms with E-state index in [2.05, 4.69) is 15.3 Å². The van der Waals surface area contributed by atoms with Gasteiger partial charge in [0.15, 0.2) is 0 Å². The molecule has 0 aromatic carbocycles. The molecule has 2 aromatic heterocycles. The summed E-state index contributed by atoms with van der Waals surface area (Å²) in [4.78, 5) is 8.19. The summed E-state index contributed by atoms with van der Waals surface area (Å²) in [6.07, 6.45) is 7.22. The van der Waals surface area contributed by atoms with Gasteiger partial charge >= 0.3 is 0 Å². The number of pyridine rings is 1. The SMILES string of the molecule is CCNc1cc(-n2ccnc2)ccn1. The maximum Gasteiger partial charge on any atom is 0.127 e. The zero-order valence-corrected chi connectivity index (χ0v) is 8.01. The summed E-state index contributed by atoms with van der Waals surface area (Å²) in [5.74, 6) is 0.888. The normalized spacial score (nSPS) is 10.1. The van der Waals surface area contributed by atoms with Crippen LogP contribution in [-0.2, 0) is 0 Å². The van der Waals surface area contributed by atoms with E-state index in [1.54, 1.807) is 18.7 Å². The van der Waals surface area contributed by atoms with Crippen LogP contribution in [0.25, 0.3) is 5.69 Å². The van der Waals surface area contributed by atoms with Gasteiger partial charge in [0, 0.05) is 31.2 Å². The highest BCUT2D eigenvalue weighted by Gasteiger charge is 1.97. The molecule has 2 rings (SSSR count). The Bertz CT molecular complexity index is 394. The van der Waals surface area contributed by atoms with Crippen LogP contribution in [0.3, 0.4) is 0 Å². The van der Waals surface area contributed by atoms with E-state index in [-0.39, 0.29) is 0 Å². The van der Waals surface area contributed by atoms with E-state index in [1.165, 1.54) is 0 Å². The number of anilines is 1. The summed E-state index contributed by atoms with van der Waals surface area (Å²) >= 11 is 0. The van der Waals surface area contributed by atoms with E-state index < -0.39 is 0 Å². The highest BCUT2D eigenvalue weighted by molar-refractivity contribution is 5.44. The van der Waals surface area contributed by atoms with Crippen LogP contribution in [0.1, 0.15) is 6.92 Å². The molecule has 2 heterocycles. The molecular formula is C10H12N4. The molecular weight excluding hydrogens is 176 g/mol. The van der Waals surface area contributed by atoms with Gasteiger partial charge < -0.3 is 9.88 Å². The lowest BCUT2D eigenvalue weighted by Gasteiger charge is -2.05. The molecule has 72 valence electrons. The average Bonchev–Trinajstić information content (AvgIpc) is 2.71. The summed E-state index contributed by atoms with van der Waals surface area (Å²) in [5.41, 5.74) is 1.06. The summed E-state index contributed by atoms with van der Waals surface area (Å²) in [6.45, 7) is 2.92. The Labute approximate surface area is 82.6 Å². The number of nitrogens with zero attached hydrogens (tertiary/aromatic N) is 3. The Balaban J connectivity index is 2.31. The number of imidazole rings is 1. The van der Waals surface area contributed by atoms with Crippen molar-refractivity contribution in [2.45, 2.75) is 6.92 Å². The van der Waals surface area contributed by atoms with Crippen LogP contribution >= 0.6 is 0 Å². The molecule has 0 amide bonds. The molecule has 4 heteroatoms. The second-order valence-corrected chi connectivity index (χ2v) is 2.90. The Kier molecular flexibility index (Phi) is 2.44. The predicted octanol–water partition coefficient (Wildman–Crippen LogP) is 1.70. The summed E-state index contributed by atoms with van der Waals surface area (Å²) < 4.78 is 1.95. The van der Waals surface area contributed by atoms with Crippen molar-refractivity contribution in [3.63, 3.8) is 0 Å². The van der Waals surface area contributed by atoms with E-state index in [0.717, 1.165) is 18.1 Å².